The van der Waals surface area contributed by atoms with Crippen LogP contribution in [0.25, 0.3) is 0 Å². The topological polar surface area (TPSA) is 86.8 Å². The van der Waals surface area contributed by atoms with Crippen molar-refractivity contribution in [2.45, 2.75) is 72.0 Å². The van der Waals surface area contributed by atoms with Crippen molar-refractivity contribution in [2.75, 3.05) is 17.1 Å². The first-order valence-electron chi connectivity index (χ1n) is 12.2. The van der Waals surface area contributed by atoms with Crippen molar-refractivity contribution in [2.24, 2.45) is 0 Å². The van der Waals surface area contributed by atoms with Gasteiger partial charge in [0, 0.05) is 12.6 Å². The lowest BCUT2D eigenvalue weighted by Gasteiger charge is -2.32. The second-order valence-electron chi connectivity index (χ2n) is 10.3. The number of carbonyl (C=O) groups is 2. The molecule has 2 aromatic rings. The Morgan fingerprint density at radius 1 is 1.00 bits per heavy atom. The fourth-order valence-electron chi connectivity index (χ4n) is 3.62. The third-order valence-corrected chi connectivity index (χ3v) is 8.09. The molecule has 0 bridgehead atoms. The standard InChI is InChI=1S/C27H37Cl2N3O4S/c1-8-18(2)30-26(34)19(3)31(16-20-9-14-23(28)24(29)15-20)25(33)17-32(37(7,35)36)22-12-10-21(11-13-22)27(4,5)6/h9-15,18-19H,8,16-17H2,1-7H3,(H,30,34)/t18-,19+/m0/s1. The largest absolute Gasteiger partial charge is 0.352 e. The summed E-state index contributed by atoms with van der Waals surface area (Å²) in [6, 6.07) is 11.1. The number of nitrogens with zero attached hydrogens (tertiary/aromatic N) is 2. The molecule has 0 unspecified atom stereocenters. The highest BCUT2D eigenvalue weighted by atomic mass is 35.5. The normalized spacial score (nSPS) is 13.5. The quantitative estimate of drug-likeness (QED) is 0.415. The minimum absolute atomic E-state index is 0.0470. The number of anilines is 1. The predicted octanol–water partition coefficient (Wildman–Crippen LogP) is 5.39. The summed E-state index contributed by atoms with van der Waals surface area (Å²) < 4.78 is 26.5. The van der Waals surface area contributed by atoms with Crippen LogP contribution in [0.4, 0.5) is 5.69 Å². The highest BCUT2D eigenvalue weighted by molar-refractivity contribution is 7.92. The Kier molecular flexibility index (Phi) is 10.5. The van der Waals surface area contributed by atoms with Gasteiger partial charge in [-0.3, -0.25) is 13.9 Å². The number of carbonyl (C=O) groups excluding carboxylic acids is 2. The molecule has 2 amide bonds. The van der Waals surface area contributed by atoms with Crippen molar-refractivity contribution in [1.82, 2.24) is 10.2 Å². The van der Waals surface area contributed by atoms with Crippen molar-refractivity contribution in [1.29, 1.82) is 0 Å². The molecule has 0 saturated heterocycles. The lowest BCUT2D eigenvalue weighted by atomic mass is 9.87. The summed E-state index contributed by atoms with van der Waals surface area (Å²) in [4.78, 5) is 28.0. The third-order valence-electron chi connectivity index (χ3n) is 6.21. The molecule has 0 aliphatic rings. The first-order chi connectivity index (χ1) is 17.0. The molecule has 7 nitrogen and oxygen atoms in total. The van der Waals surface area contributed by atoms with Gasteiger partial charge in [-0.15, -0.1) is 0 Å². The lowest BCUT2D eigenvalue weighted by molar-refractivity contribution is -0.139. The van der Waals surface area contributed by atoms with Crippen LogP contribution in [-0.2, 0) is 31.6 Å². The summed E-state index contributed by atoms with van der Waals surface area (Å²) in [6.07, 6.45) is 1.78. The van der Waals surface area contributed by atoms with Crippen LogP contribution < -0.4 is 9.62 Å². The van der Waals surface area contributed by atoms with Gasteiger partial charge in [-0.2, -0.15) is 0 Å². The monoisotopic (exact) mass is 569 g/mol. The first kappa shape index (κ1) is 30.9. The molecule has 204 valence electrons. The molecule has 0 spiro atoms. The summed E-state index contributed by atoms with van der Waals surface area (Å²) in [5, 5.41) is 3.58. The van der Waals surface area contributed by atoms with Crippen LogP contribution in [0.3, 0.4) is 0 Å². The van der Waals surface area contributed by atoms with Crippen LogP contribution in [0.5, 0.6) is 0 Å². The Labute approximate surface area is 231 Å². The summed E-state index contributed by atoms with van der Waals surface area (Å²) in [5.74, 6) is -0.855. The van der Waals surface area contributed by atoms with Crippen molar-refractivity contribution in [3.05, 3.63) is 63.6 Å². The Hall–Kier alpha value is -2.29. The number of hydrogen-bond acceptors (Lipinski definition) is 4. The van der Waals surface area contributed by atoms with Gasteiger partial charge < -0.3 is 10.2 Å². The molecule has 0 saturated carbocycles. The van der Waals surface area contributed by atoms with Gasteiger partial charge >= 0.3 is 0 Å². The number of benzene rings is 2. The summed E-state index contributed by atoms with van der Waals surface area (Å²) in [7, 11) is -3.80. The van der Waals surface area contributed by atoms with Gasteiger partial charge in [-0.05, 0) is 61.1 Å². The second kappa shape index (κ2) is 12.5. The van der Waals surface area contributed by atoms with Crippen LogP contribution in [0, 0.1) is 0 Å². The average Bonchev–Trinajstić information content (AvgIpc) is 2.81. The summed E-state index contributed by atoms with van der Waals surface area (Å²) >= 11 is 12.2. The van der Waals surface area contributed by atoms with Crippen molar-refractivity contribution in [3.8, 4) is 0 Å². The summed E-state index contributed by atoms with van der Waals surface area (Å²) in [6.45, 7) is 11.2. The molecular formula is C27H37Cl2N3O4S. The van der Waals surface area contributed by atoms with Crippen molar-refractivity contribution < 1.29 is 18.0 Å². The van der Waals surface area contributed by atoms with E-state index < -0.39 is 28.5 Å². The third kappa shape index (κ3) is 8.62. The fourth-order valence-corrected chi connectivity index (χ4v) is 4.79. The molecule has 2 rings (SSSR count). The number of hydrogen-bond donors (Lipinski definition) is 1. The van der Waals surface area contributed by atoms with E-state index in [1.165, 1.54) is 4.90 Å². The van der Waals surface area contributed by atoms with E-state index in [4.69, 9.17) is 23.2 Å². The molecule has 0 aromatic heterocycles. The zero-order valence-electron chi connectivity index (χ0n) is 22.5. The maximum Gasteiger partial charge on any atom is 0.244 e. The van der Waals surface area contributed by atoms with Gasteiger partial charge in [0.2, 0.25) is 21.8 Å². The number of amides is 2. The van der Waals surface area contributed by atoms with Crippen LogP contribution in [-0.4, -0.2) is 50.0 Å². The van der Waals surface area contributed by atoms with Crippen molar-refractivity contribution in [3.63, 3.8) is 0 Å². The number of nitrogens with one attached hydrogen (secondary N) is 1. The molecule has 1 N–H and O–H groups in total. The van der Waals surface area contributed by atoms with Crippen LogP contribution in [0.15, 0.2) is 42.5 Å². The Balaban J connectivity index is 2.42. The lowest BCUT2D eigenvalue weighted by Crippen LogP contribution is -2.52. The average molecular weight is 571 g/mol. The zero-order chi connectivity index (χ0) is 28.1. The van der Waals surface area contributed by atoms with Gasteiger partial charge in [-0.1, -0.05) is 69.1 Å². The zero-order valence-corrected chi connectivity index (χ0v) is 24.8. The van der Waals surface area contributed by atoms with Crippen LogP contribution in [0.2, 0.25) is 10.0 Å². The predicted molar refractivity (Wildman–Crippen MR) is 152 cm³/mol. The maximum atomic E-state index is 13.6. The van der Waals surface area contributed by atoms with Crippen LogP contribution >= 0.6 is 23.2 Å². The van der Waals surface area contributed by atoms with Gasteiger partial charge in [0.1, 0.15) is 12.6 Å². The van der Waals surface area contributed by atoms with E-state index in [0.29, 0.717) is 21.3 Å². The fraction of sp³-hybridized carbons (Fsp3) is 0.481. The highest BCUT2D eigenvalue weighted by Crippen LogP contribution is 2.27. The van der Waals surface area contributed by atoms with E-state index >= 15 is 0 Å². The van der Waals surface area contributed by atoms with E-state index in [-0.39, 0.29) is 23.9 Å². The molecule has 2 aromatic carbocycles. The first-order valence-corrected chi connectivity index (χ1v) is 14.8. The van der Waals surface area contributed by atoms with Crippen molar-refractivity contribution >= 4 is 50.7 Å². The molecule has 0 radical (unpaired) electrons. The Bertz CT molecular complexity index is 1210. The minimum atomic E-state index is -3.80. The second-order valence-corrected chi connectivity index (χ2v) is 13.1. The molecule has 2 atom stereocenters. The minimum Gasteiger partial charge on any atom is -0.352 e. The number of halogens is 2. The van der Waals surface area contributed by atoms with E-state index in [1.807, 2.05) is 26.0 Å². The number of sulfonamides is 1. The molecule has 37 heavy (non-hydrogen) atoms. The van der Waals surface area contributed by atoms with Gasteiger partial charge in [0.15, 0.2) is 0 Å². The highest BCUT2D eigenvalue weighted by Gasteiger charge is 2.30. The van der Waals surface area contributed by atoms with Gasteiger partial charge in [0.25, 0.3) is 0 Å². The van der Waals surface area contributed by atoms with Crippen LogP contribution in [0.1, 0.15) is 59.1 Å². The Morgan fingerprint density at radius 2 is 1.59 bits per heavy atom. The molecular weight excluding hydrogens is 533 g/mol. The molecule has 0 aliphatic carbocycles. The SMILES string of the molecule is CC[C@H](C)NC(=O)[C@@H](C)N(Cc1ccc(Cl)c(Cl)c1)C(=O)CN(c1ccc(C(C)(C)C)cc1)S(C)(=O)=O. The van der Waals surface area contributed by atoms with E-state index in [9.17, 15) is 18.0 Å². The van der Waals surface area contributed by atoms with E-state index in [2.05, 4.69) is 26.1 Å². The molecule has 10 heteroatoms. The van der Waals surface area contributed by atoms with E-state index in [1.54, 1.807) is 37.3 Å². The summed E-state index contributed by atoms with van der Waals surface area (Å²) in [5.41, 5.74) is 1.95. The molecule has 0 aliphatic heterocycles. The number of rotatable bonds is 10. The Morgan fingerprint density at radius 3 is 2.08 bits per heavy atom. The maximum absolute atomic E-state index is 13.6. The smallest absolute Gasteiger partial charge is 0.244 e. The van der Waals surface area contributed by atoms with E-state index in [0.717, 1.165) is 22.5 Å². The van der Waals surface area contributed by atoms with Gasteiger partial charge in [-0.25, -0.2) is 8.42 Å². The van der Waals surface area contributed by atoms with Gasteiger partial charge in [0.05, 0.1) is 22.0 Å². The molecule has 0 fully saturated rings. The molecule has 0 heterocycles.